The van der Waals surface area contributed by atoms with E-state index in [0.29, 0.717) is 65.8 Å². The van der Waals surface area contributed by atoms with Crippen LogP contribution in [0.25, 0.3) is 0 Å². The predicted octanol–water partition coefficient (Wildman–Crippen LogP) is 4.19. The maximum Gasteiger partial charge on any atom is 0.419 e. The van der Waals surface area contributed by atoms with E-state index in [1.807, 2.05) is 0 Å². The zero-order valence-electron chi connectivity index (χ0n) is 36.6. The fourth-order valence-electron chi connectivity index (χ4n) is 7.79. The van der Waals surface area contributed by atoms with Crippen LogP contribution in [0.1, 0.15) is 62.9 Å². The van der Waals surface area contributed by atoms with Gasteiger partial charge in [-0.1, -0.05) is 0 Å². The third-order valence-corrected chi connectivity index (χ3v) is 11.7. The number of aromatic nitrogens is 4. The molecule has 0 unspecified atom stereocenters. The third kappa shape index (κ3) is 10.8. The quantitative estimate of drug-likeness (QED) is 0.160. The van der Waals surface area contributed by atoms with Gasteiger partial charge in [0.1, 0.15) is 41.0 Å². The molecule has 4 aliphatic rings. The minimum Gasteiger partial charge on any atom is -0.354 e. The number of carbonyl (C=O) groups is 6. The van der Waals surface area contributed by atoms with Gasteiger partial charge in [-0.15, -0.1) is 0 Å². The van der Waals surface area contributed by atoms with Crippen molar-refractivity contribution in [3.63, 3.8) is 0 Å². The number of alkyl halides is 3. The summed E-state index contributed by atoms with van der Waals surface area (Å²) in [5, 5.41) is 21.3. The summed E-state index contributed by atoms with van der Waals surface area (Å²) in [5.41, 5.74) is 1.04. The lowest BCUT2D eigenvalue weighted by molar-refractivity contribution is -0.148. The smallest absolute Gasteiger partial charge is 0.354 e. The summed E-state index contributed by atoms with van der Waals surface area (Å²) in [6.07, 6.45) is -5.27. The van der Waals surface area contributed by atoms with E-state index in [4.69, 9.17) is 9.68 Å². The first kappa shape index (κ1) is 49.2. The number of nitrogens with one attached hydrogen (secondary N) is 4. The normalized spacial score (nSPS) is 17.9. The summed E-state index contributed by atoms with van der Waals surface area (Å²) in [7, 11) is 2.90. The van der Waals surface area contributed by atoms with E-state index in [2.05, 4.69) is 47.4 Å². The van der Waals surface area contributed by atoms with Gasteiger partial charge in [0.15, 0.2) is 0 Å². The second kappa shape index (κ2) is 19.8. The van der Waals surface area contributed by atoms with Crippen molar-refractivity contribution in [3.05, 3.63) is 91.7 Å². The highest BCUT2D eigenvalue weighted by Crippen LogP contribution is 2.34. The fourth-order valence-corrected chi connectivity index (χ4v) is 8.13. The Bertz CT molecular complexity index is 2680. The van der Waals surface area contributed by atoms with Crippen molar-refractivity contribution in [3.8, 4) is 0 Å². The molecule has 0 aliphatic carbocycles. The van der Waals surface area contributed by atoms with Crippen LogP contribution in [0, 0.1) is 17.5 Å². The molecule has 2 atom stereocenters. The fraction of sp³-hybridized carbons (Fsp3) is 0.415. The highest BCUT2D eigenvalue weighted by Gasteiger charge is 2.38. The van der Waals surface area contributed by atoms with Crippen molar-refractivity contribution >= 4 is 63.0 Å². The summed E-state index contributed by atoms with van der Waals surface area (Å²) < 4.78 is 83.1. The number of carbonyl (C=O) groups excluding carboxylic acids is 6. The molecule has 364 valence electrons. The van der Waals surface area contributed by atoms with Gasteiger partial charge in [-0.3, -0.25) is 38.2 Å². The van der Waals surface area contributed by atoms with Gasteiger partial charge in [0.2, 0.25) is 11.8 Å². The molecular weight excluding hydrogens is 982 g/mol. The SMILES string of the molecule is CC(=O)NC[C@@H]1Cn2nc3c(c2C(=O)N(C)O1)CN(C(=O)Nc1cc(Br)c(F)cc1F)CC3.CC(=O)NC[C@@H]1Cn2nc3c(c2C(=O)N(C)O1)CN(C(=O)Nc1ccc(F)c(C(F)(F)F)c1)CC3. The van der Waals surface area contributed by atoms with Crippen LogP contribution in [0.5, 0.6) is 0 Å². The molecule has 2 aromatic carbocycles. The number of benzene rings is 2. The van der Waals surface area contributed by atoms with Crippen LogP contribution < -0.4 is 21.3 Å². The number of fused-ring (bicyclic) bond motifs is 6. The summed E-state index contributed by atoms with van der Waals surface area (Å²) in [5.74, 6) is -4.51. The van der Waals surface area contributed by atoms with Gasteiger partial charge in [-0.25, -0.2) is 32.9 Å². The lowest BCUT2D eigenvalue weighted by Crippen LogP contribution is -2.40. The minimum atomic E-state index is -4.91. The minimum absolute atomic E-state index is 0.0141. The van der Waals surface area contributed by atoms with E-state index in [-0.39, 0.29) is 79.2 Å². The lowest BCUT2D eigenvalue weighted by atomic mass is 10.1. The molecule has 4 aliphatic heterocycles. The molecule has 0 spiro atoms. The van der Waals surface area contributed by atoms with Crippen LogP contribution in [0.4, 0.5) is 47.3 Å². The maximum absolute atomic E-state index is 14.1. The summed E-state index contributed by atoms with van der Waals surface area (Å²) in [6.45, 7) is 4.09. The molecule has 0 saturated carbocycles. The standard InChI is InChI=1S/C21H22F4N6O4.C20H21BrF2N6O4/c1-11(32)26-8-13-9-31-18(19(33)29(2)35-13)14-10-30(6-5-17(14)28-31)20(34)27-12-3-4-16(22)15(7-12)21(23,24)25;1-10(30)24-7-11-8-29-18(19(31)27(2)33-11)12-9-28(4-3-16(12)26-29)20(32)25-17-5-13(21)14(22)6-15(17)23/h3-4,7,13H,5-6,8-10H2,1-2H3,(H,26,32)(H,27,34);5-6,11H,3-4,7-9H2,1-2H3,(H,24,30)(H,25,32)/t13-;11-/m11/s1. The van der Waals surface area contributed by atoms with Gasteiger partial charge in [-0.05, 0) is 40.2 Å². The summed E-state index contributed by atoms with van der Waals surface area (Å²) in [4.78, 5) is 88.0. The molecule has 0 bridgehead atoms. The maximum atomic E-state index is 14.1. The molecule has 0 fully saturated rings. The highest BCUT2D eigenvalue weighted by molar-refractivity contribution is 9.10. The molecule has 0 radical (unpaired) electrons. The highest BCUT2D eigenvalue weighted by atomic mass is 79.9. The van der Waals surface area contributed by atoms with Crippen molar-refractivity contribution in [2.45, 2.75) is 71.3 Å². The Morgan fingerprint density at radius 1 is 0.721 bits per heavy atom. The van der Waals surface area contributed by atoms with Gasteiger partial charge < -0.3 is 31.1 Å². The van der Waals surface area contributed by atoms with Crippen LogP contribution in [0.15, 0.2) is 34.8 Å². The zero-order chi connectivity index (χ0) is 49.4. The van der Waals surface area contributed by atoms with E-state index in [1.54, 1.807) is 4.68 Å². The Morgan fingerprint density at radius 2 is 1.21 bits per heavy atom. The first-order chi connectivity index (χ1) is 32.1. The molecule has 20 nitrogen and oxygen atoms in total. The summed E-state index contributed by atoms with van der Waals surface area (Å²) >= 11 is 2.97. The number of rotatable bonds is 6. The Labute approximate surface area is 390 Å². The number of amides is 8. The van der Waals surface area contributed by atoms with Crippen LogP contribution in [-0.2, 0) is 64.5 Å². The van der Waals surface area contributed by atoms with Gasteiger partial charge >= 0.3 is 18.2 Å². The van der Waals surface area contributed by atoms with Crippen molar-refractivity contribution in [2.24, 2.45) is 0 Å². The van der Waals surface area contributed by atoms with Gasteiger partial charge in [-0.2, -0.15) is 23.4 Å². The second-order valence-corrected chi connectivity index (χ2v) is 16.8. The largest absolute Gasteiger partial charge is 0.419 e. The predicted molar refractivity (Wildman–Crippen MR) is 227 cm³/mol. The Morgan fingerprint density at radius 3 is 1.68 bits per heavy atom. The molecular formula is C41H43BrF6N12O8. The molecule has 4 aromatic rings. The van der Waals surface area contributed by atoms with E-state index in [0.717, 1.165) is 22.3 Å². The monoisotopic (exact) mass is 1020 g/mol. The van der Waals surface area contributed by atoms with Gasteiger partial charge in [0.25, 0.3) is 11.8 Å². The van der Waals surface area contributed by atoms with Gasteiger partial charge in [0, 0.05) is 89.8 Å². The number of anilines is 2. The van der Waals surface area contributed by atoms with Gasteiger partial charge in [0.05, 0.1) is 53.3 Å². The Kier molecular flexibility index (Phi) is 14.4. The molecule has 27 heteroatoms. The average molecular weight is 1030 g/mol. The van der Waals surface area contributed by atoms with E-state index in [1.165, 1.54) is 42.4 Å². The molecule has 4 N–H and O–H groups in total. The Balaban J connectivity index is 0.000000202. The van der Waals surface area contributed by atoms with Crippen LogP contribution in [0.3, 0.4) is 0 Å². The van der Waals surface area contributed by atoms with Crippen LogP contribution >= 0.6 is 15.9 Å². The number of hydrogen-bond acceptors (Lipinski definition) is 10. The second-order valence-electron chi connectivity index (χ2n) is 16.0. The average Bonchev–Trinajstić information content (AvgIpc) is 3.75. The molecule has 6 heterocycles. The molecule has 68 heavy (non-hydrogen) atoms. The van der Waals surface area contributed by atoms with Crippen molar-refractivity contribution in [2.75, 3.05) is 50.9 Å². The van der Waals surface area contributed by atoms with E-state index < -0.39 is 65.3 Å². The number of halogens is 7. The van der Waals surface area contributed by atoms with Crippen LogP contribution in [0.2, 0.25) is 0 Å². The van der Waals surface area contributed by atoms with Crippen LogP contribution in [-0.4, -0.2) is 128 Å². The zero-order valence-corrected chi connectivity index (χ0v) is 38.2. The van der Waals surface area contributed by atoms with Crippen molar-refractivity contribution < 1.29 is 64.8 Å². The first-order valence-electron chi connectivity index (χ1n) is 20.8. The topological polar surface area (TPSA) is 218 Å². The summed E-state index contributed by atoms with van der Waals surface area (Å²) in [6, 6.07) is 2.73. The lowest BCUT2D eigenvalue weighted by Gasteiger charge is -2.27. The number of hydrogen-bond donors (Lipinski definition) is 4. The molecule has 8 amide bonds. The van der Waals surface area contributed by atoms with Crippen molar-refractivity contribution in [1.29, 1.82) is 0 Å². The third-order valence-electron chi connectivity index (χ3n) is 11.1. The van der Waals surface area contributed by atoms with Crippen molar-refractivity contribution in [1.82, 2.24) is 50.1 Å². The Hall–Kier alpha value is -6.74. The first-order valence-corrected chi connectivity index (χ1v) is 21.6. The number of nitrogens with zero attached hydrogens (tertiary/aromatic N) is 8. The molecule has 8 rings (SSSR count). The molecule has 2 aromatic heterocycles. The number of urea groups is 2. The van der Waals surface area contributed by atoms with E-state index >= 15 is 0 Å². The molecule has 0 saturated heterocycles. The van der Waals surface area contributed by atoms with E-state index in [9.17, 15) is 55.1 Å². The number of hydroxylamine groups is 4.